The van der Waals surface area contributed by atoms with Gasteiger partial charge in [-0.3, -0.25) is 4.79 Å². The van der Waals surface area contributed by atoms with Crippen molar-refractivity contribution in [1.29, 1.82) is 0 Å². The van der Waals surface area contributed by atoms with E-state index < -0.39 is 0 Å². The highest BCUT2D eigenvalue weighted by Gasteiger charge is 2.14. The number of anilines is 1. The van der Waals surface area contributed by atoms with Gasteiger partial charge >= 0.3 is 0 Å². The van der Waals surface area contributed by atoms with Crippen LogP contribution in [0.2, 0.25) is 0 Å². The van der Waals surface area contributed by atoms with Gasteiger partial charge in [0.25, 0.3) is 11.1 Å². The normalized spacial score (nSPS) is 10.4. The number of aromatic nitrogens is 2. The number of benzene rings is 2. The minimum absolute atomic E-state index is 0.114. The molecule has 0 aliphatic heterocycles. The van der Waals surface area contributed by atoms with Crippen LogP contribution in [0.15, 0.2) is 58.2 Å². The third-order valence-electron chi connectivity index (χ3n) is 3.68. The molecule has 0 aliphatic carbocycles. The lowest BCUT2D eigenvalue weighted by Crippen LogP contribution is -2.12. The molecular formula is C19H19N3O4S. The maximum Gasteiger partial charge on any atom is 0.276 e. The van der Waals surface area contributed by atoms with Crippen LogP contribution in [0.4, 0.5) is 5.69 Å². The summed E-state index contributed by atoms with van der Waals surface area (Å²) in [6.45, 7) is 0. The van der Waals surface area contributed by atoms with Crippen LogP contribution in [0, 0.1) is 0 Å². The van der Waals surface area contributed by atoms with Crippen LogP contribution in [0.25, 0.3) is 11.5 Å². The topological polar surface area (TPSA) is 86.5 Å². The van der Waals surface area contributed by atoms with Crippen LogP contribution >= 0.6 is 11.8 Å². The van der Waals surface area contributed by atoms with E-state index >= 15 is 0 Å². The Morgan fingerprint density at radius 2 is 1.74 bits per heavy atom. The summed E-state index contributed by atoms with van der Waals surface area (Å²) in [6.07, 6.45) is 0.301. The van der Waals surface area contributed by atoms with Crippen molar-refractivity contribution < 1.29 is 18.7 Å². The van der Waals surface area contributed by atoms with Crippen LogP contribution in [0.1, 0.15) is 6.42 Å². The lowest BCUT2D eigenvalue weighted by molar-refractivity contribution is -0.115. The highest BCUT2D eigenvalue weighted by Crippen LogP contribution is 2.30. The zero-order valence-electron chi connectivity index (χ0n) is 15.0. The summed E-state index contributed by atoms with van der Waals surface area (Å²) in [5.74, 6) is 2.06. The predicted octanol–water partition coefficient (Wildman–Crippen LogP) is 3.87. The molecule has 0 radical (unpaired) electrons. The number of ether oxygens (including phenoxy) is 2. The molecule has 2 aromatic carbocycles. The molecule has 0 spiro atoms. The maximum atomic E-state index is 12.1. The average Bonchev–Trinajstić information content (AvgIpc) is 3.17. The zero-order chi connectivity index (χ0) is 19.1. The second-order valence-corrected chi connectivity index (χ2v) is 6.47. The maximum absolute atomic E-state index is 12.1. The van der Waals surface area contributed by atoms with E-state index in [1.54, 1.807) is 26.4 Å². The summed E-state index contributed by atoms with van der Waals surface area (Å²) < 4.78 is 16.2. The molecule has 0 unspecified atom stereocenters. The number of hydrogen-bond donors (Lipinski definition) is 1. The van der Waals surface area contributed by atoms with Gasteiger partial charge in [-0.15, -0.1) is 10.2 Å². The monoisotopic (exact) mass is 385 g/mol. The number of nitrogens with zero attached hydrogens (tertiary/aromatic N) is 2. The van der Waals surface area contributed by atoms with Gasteiger partial charge in [0.05, 0.1) is 25.5 Å². The lowest BCUT2D eigenvalue weighted by atomic mass is 10.2. The standard InChI is InChI=1S/C19H19N3O4S/c1-24-15-9-5-3-7-13(15)18-21-22-19(26-18)27-12-11-17(23)20-14-8-4-6-10-16(14)25-2/h3-10H,11-12H2,1-2H3,(H,20,23). The van der Waals surface area contributed by atoms with Gasteiger partial charge in [0.2, 0.25) is 5.91 Å². The van der Waals surface area contributed by atoms with Gasteiger partial charge in [0, 0.05) is 12.2 Å². The van der Waals surface area contributed by atoms with E-state index in [2.05, 4.69) is 15.5 Å². The van der Waals surface area contributed by atoms with Crippen LogP contribution in [-0.4, -0.2) is 36.1 Å². The molecule has 0 saturated heterocycles. The molecule has 0 aliphatic rings. The first-order valence-electron chi connectivity index (χ1n) is 8.24. The largest absolute Gasteiger partial charge is 0.496 e. The third kappa shape index (κ3) is 4.79. The van der Waals surface area contributed by atoms with E-state index in [-0.39, 0.29) is 5.91 Å². The first-order chi connectivity index (χ1) is 13.2. The Morgan fingerprint density at radius 3 is 2.52 bits per heavy atom. The Bertz CT molecular complexity index is 913. The Hall–Kier alpha value is -3.00. The summed E-state index contributed by atoms with van der Waals surface area (Å²) in [5, 5.41) is 11.3. The fourth-order valence-corrected chi connectivity index (χ4v) is 3.09. The number of methoxy groups -OCH3 is 2. The molecule has 0 saturated carbocycles. The molecular weight excluding hydrogens is 366 g/mol. The number of nitrogens with one attached hydrogen (secondary N) is 1. The van der Waals surface area contributed by atoms with E-state index in [4.69, 9.17) is 13.9 Å². The Kier molecular flexibility index (Phi) is 6.32. The second kappa shape index (κ2) is 9.09. The van der Waals surface area contributed by atoms with Crippen molar-refractivity contribution in [1.82, 2.24) is 10.2 Å². The fourth-order valence-electron chi connectivity index (χ4n) is 2.39. The number of hydrogen-bond acceptors (Lipinski definition) is 7. The number of thioether (sulfide) groups is 1. The molecule has 0 fully saturated rings. The van der Waals surface area contributed by atoms with E-state index in [9.17, 15) is 4.79 Å². The van der Waals surface area contributed by atoms with Crippen LogP contribution < -0.4 is 14.8 Å². The lowest BCUT2D eigenvalue weighted by Gasteiger charge is -2.09. The van der Waals surface area contributed by atoms with Crippen LogP contribution in [0.3, 0.4) is 0 Å². The van der Waals surface area contributed by atoms with Crippen LogP contribution in [0.5, 0.6) is 11.5 Å². The molecule has 0 atom stereocenters. The minimum atomic E-state index is -0.114. The third-order valence-corrected chi connectivity index (χ3v) is 4.50. The highest BCUT2D eigenvalue weighted by molar-refractivity contribution is 7.99. The fraction of sp³-hybridized carbons (Fsp3) is 0.211. The van der Waals surface area contributed by atoms with Crippen molar-refractivity contribution in [3.63, 3.8) is 0 Å². The first-order valence-corrected chi connectivity index (χ1v) is 9.22. The summed E-state index contributed by atoms with van der Waals surface area (Å²) in [6, 6.07) is 14.7. The molecule has 1 aromatic heterocycles. The number of amides is 1. The van der Waals surface area contributed by atoms with Crippen molar-refractivity contribution in [2.45, 2.75) is 11.6 Å². The summed E-state index contributed by atoms with van der Waals surface area (Å²) >= 11 is 1.33. The molecule has 1 N–H and O–H groups in total. The molecule has 3 aromatic rings. The smallest absolute Gasteiger partial charge is 0.276 e. The van der Waals surface area contributed by atoms with Gasteiger partial charge in [-0.25, -0.2) is 0 Å². The molecule has 1 heterocycles. The summed E-state index contributed by atoms with van der Waals surface area (Å²) in [7, 11) is 3.15. The van der Waals surface area contributed by atoms with E-state index in [1.807, 2.05) is 36.4 Å². The van der Waals surface area contributed by atoms with Gasteiger partial charge in [0.15, 0.2) is 0 Å². The molecule has 8 heteroatoms. The average molecular weight is 385 g/mol. The van der Waals surface area contributed by atoms with Crippen molar-refractivity contribution in [3.8, 4) is 23.0 Å². The zero-order valence-corrected chi connectivity index (χ0v) is 15.8. The van der Waals surface area contributed by atoms with Crippen LogP contribution in [-0.2, 0) is 4.79 Å². The van der Waals surface area contributed by atoms with Gasteiger partial charge in [-0.05, 0) is 24.3 Å². The van der Waals surface area contributed by atoms with Gasteiger partial charge in [0.1, 0.15) is 11.5 Å². The minimum Gasteiger partial charge on any atom is -0.496 e. The Balaban J connectivity index is 1.54. The predicted molar refractivity (Wildman–Crippen MR) is 103 cm³/mol. The van der Waals surface area contributed by atoms with Crippen molar-refractivity contribution in [2.24, 2.45) is 0 Å². The SMILES string of the molecule is COc1ccccc1NC(=O)CCSc1nnc(-c2ccccc2OC)o1. The highest BCUT2D eigenvalue weighted by atomic mass is 32.2. The van der Waals surface area contributed by atoms with E-state index in [1.165, 1.54) is 11.8 Å². The first kappa shape index (κ1) is 18.8. The Labute approximate surface area is 161 Å². The Morgan fingerprint density at radius 1 is 1.04 bits per heavy atom. The van der Waals surface area contributed by atoms with Gasteiger partial charge < -0.3 is 19.2 Å². The van der Waals surface area contributed by atoms with Crippen molar-refractivity contribution in [3.05, 3.63) is 48.5 Å². The molecule has 140 valence electrons. The van der Waals surface area contributed by atoms with Gasteiger partial charge in [-0.1, -0.05) is 36.0 Å². The number of rotatable bonds is 8. The second-order valence-electron chi connectivity index (χ2n) is 5.42. The number of para-hydroxylation sites is 3. The molecule has 1 amide bonds. The molecule has 3 rings (SSSR count). The van der Waals surface area contributed by atoms with Crippen molar-refractivity contribution >= 4 is 23.4 Å². The molecule has 27 heavy (non-hydrogen) atoms. The summed E-state index contributed by atoms with van der Waals surface area (Å²) in [5.41, 5.74) is 1.37. The summed E-state index contributed by atoms with van der Waals surface area (Å²) in [4.78, 5) is 12.1. The van der Waals surface area contributed by atoms with E-state index in [0.717, 1.165) is 5.56 Å². The molecule has 7 nitrogen and oxygen atoms in total. The number of carbonyl (C=O) groups excluding carboxylic acids is 1. The van der Waals surface area contributed by atoms with Gasteiger partial charge in [-0.2, -0.15) is 0 Å². The molecule has 0 bridgehead atoms. The van der Waals surface area contributed by atoms with Crippen molar-refractivity contribution in [2.75, 3.05) is 25.3 Å². The quantitative estimate of drug-likeness (QED) is 0.589. The van der Waals surface area contributed by atoms with E-state index in [0.29, 0.717) is 40.5 Å². The number of carbonyl (C=O) groups is 1.